The van der Waals surface area contributed by atoms with E-state index < -0.39 is 5.97 Å². The summed E-state index contributed by atoms with van der Waals surface area (Å²) in [6, 6.07) is 22.0. The van der Waals surface area contributed by atoms with E-state index in [1.54, 1.807) is 37.3 Å². The molecule has 0 aliphatic carbocycles. The molecule has 0 bridgehead atoms. The molecule has 0 unspecified atom stereocenters. The van der Waals surface area contributed by atoms with Gasteiger partial charge in [0.1, 0.15) is 17.1 Å². The second kappa shape index (κ2) is 13.3. The Bertz CT molecular complexity index is 1400. The first-order valence-electron chi connectivity index (χ1n) is 12.9. The molecule has 0 spiro atoms. The molecule has 0 aliphatic rings. The average molecular weight is 529 g/mol. The monoisotopic (exact) mass is 528 g/mol. The molecule has 0 N–H and O–H groups in total. The molecule has 4 rings (SSSR count). The molecular formula is C32H32O7. The largest absolute Gasteiger partial charge is 0.493 e. The lowest BCUT2D eigenvalue weighted by molar-refractivity contribution is -0.139. The third-order valence-electron chi connectivity index (χ3n) is 6.05. The van der Waals surface area contributed by atoms with Gasteiger partial charge in [0, 0.05) is 16.5 Å². The molecule has 1 heterocycles. The second-order valence-electron chi connectivity index (χ2n) is 9.11. The normalized spacial score (nSPS) is 10.7. The highest BCUT2D eigenvalue weighted by Gasteiger charge is 2.14. The van der Waals surface area contributed by atoms with Gasteiger partial charge in [-0.05, 0) is 87.2 Å². The number of unbranched alkanes of at least 4 members (excludes halogenated alkanes) is 3. The number of rotatable bonds is 13. The first kappa shape index (κ1) is 27.5. The smallest absolute Gasteiger partial charge is 0.343 e. The molecule has 1 aromatic heterocycles. The van der Waals surface area contributed by atoms with Gasteiger partial charge in [0.25, 0.3) is 0 Å². The number of esters is 2. The Kier molecular flexibility index (Phi) is 9.40. The molecule has 7 nitrogen and oxygen atoms in total. The fourth-order valence-electron chi connectivity index (χ4n) is 3.92. The summed E-state index contributed by atoms with van der Waals surface area (Å²) in [7, 11) is 1.53. The Morgan fingerprint density at radius 1 is 0.846 bits per heavy atom. The lowest BCUT2D eigenvalue weighted by Gasteiger charge is -2.12. The Morgan fingerprint density at radius 2 is 1.59 bits per heavy atom. The Morgan fingerprint density at radius 3 is 2.31 bits per heavy atom. The van der Waals surface area contributed by atoms with Gasteiger partial charge in [-0.1, -0.05) is 24.8 Å². The van der Waals surface area contributed by atoms with E-state index in [9.17, 15) is 9.59 Å². The van der Waals surface area contributed by atoms with Gasteiger partial charge < -0.3 is 23.4 Å². The SMILES string of the molecule is C=C(C)C(=O)OCCCCCCOc1ccc(C(=O)Oc2ccc(-c3cc4ccccc4o3)cc2)cc1OC. The first-order chi connectivity index (χ1) is 18.9. The Balaban J connectivity index is 1.25. The number of fused-ring (bicyclic) bond motifs is 1. The molecule has 0 radical (unpaired) electrons. The maximum atomic E-state index is 12.8. The minimum atomic E-state index is -0.497. The molecule has 202 valence electrons. The predicted octanol–water partition coefficient (Wildman–Crippen LogP) is 7.39. The molecule has 4 aromatic rings. The van der Waals surface area contributed by atoms with Crippen molar-refractivity contribution in [3.05, 3.63) is 90.5 Å². The van der Waals surface area contributed by atoms with E-state index in [0.29, 0.717) is 41.6 Å². The van der Waals surface area contributed by atoms with Gasteiger partial charge in [-0.2, -0.15) is 0 Å². The van der Waals surface area contributed by atoms with Gasteiger partial charge >= 0.3 is 11.9 Å². The van der Waals surface area contributed by atoms with Gasteiger partial charge in [0.05, 0.1) is 25.9 Å². The van der Waals surface area contributed by atoms with Crippen molar-refractivity contribution in [3.63, 3.8) is 0 Å². The number of furan rings is 1. The van der Waals surface area contributed by atoms with Crippen LogP contribution in [0.5, 0.6) is 17.2 Å². The van der Waals surface area contributed by atoms with Crippen LogP contribution in [0.1, 0.15) is 43.0 Å². The summed E-state index contributed by atoms with van der Waals surface area (Å²) in [5.74, 6) is 1.33. The zero-order valence-corrected chi connectivity index (χ0v) is 22.2. The van der Waals surface area contributed by atoms with E-state index in [4.69, 9.17) is 23.4 Å². The topological polar surface area (TPSA) is 84.2 Å². The number of hydrogen-bond acceptors (Lipinski definition) is 7. The number of carbonyl (C=O) groups is 2. The average Bonchev–Trinajstić information content (AvgIpc) is 3.39. The molecule has 39 heavy (non-hydrogen) atoms. The quantitative estimate of drug-likeness (QED) is 0.0774. The summed E-state index contributed by atoms with van der Waals surface area (Å²) in [6.45, 7) is 6.09. The van der Waals surface area contributed by atoms with Crippen LogP contribution in [0.15, 0.2) is 89.4 Å². The lowest BCUT2D eigenvalue weighted by atomic mass is 10.1. The Labute approximate surface area is 227 Å². The highest BCUT2D eigenvalue weighted by atomic mass is 16.5. The molecule has 0 amide bonds. The summed E-state index contributed by atoms with van der Waals surface area (Å²) in [6.07, 6.45) is 3.49. The van der Waals surface area contributed by atoms with Crippen molar-refractivity contribution in [1.29, 1.82) is 0 Å². The van der Waals surface area contributed by atoms with E-state index in [-0.39, 0.29) is 5.97 Å². The van der Waals surface area contributed by atoms with Crippen molar-refractivity contribution < 1.29 is 33.0 Å². The molecule has 0 fully saturated rings. The van der Waals surface area contributed by atoms with Crippen LogP contribution in [0.3, 0.4) is 0 Å². The third-order valence-corrected chi connectivity index (χ3v) is 6.05. The van der Waals surface area contributed by atoms with Crippen LogP contribution in [0.25, 0.3) is 22.3 Å². The van der Waals surface area contributed by atoms with Crippen molar-refractivity contribution in [2.45, 2.75) is 32.6 Å². The summed E-state index contributed by atoms with van der Waals surface area (Å²) in [5, 5.41) is 1.03. The van der Waals surface area contributed by atoms with E-state index in [0.717, 1.165) is 48.0 Å². The number of benzene rings is 3. The fraction of sp³-hybridized carbons (Fsp3) is 0.250. The molecule has 0 aliphatic heterocycles. The number of hydrogen-bond donors (Lipinski definition) is 0. The van der Waals surface area contributed by atoms with Crippen molar-refractivity contribution in [2.75, 3.05) is 20.3 Å². The summed E-state index contributed by atoms with van der Waals surface area (Å²) in [4.78, 5) is 24.1. The lowest BCUT2D eigenvalue weighted by Crippen LogP contribution is -2.09. The zero-order chi connectivity index (χ0) is 27.6. The van der Waals surface area contributed by atoms with Crippen molar-refractivity contribution in [1.82, 2.24) is 0 Å². The minimum absolute atomic E-state index is 0.352. The third kappa shape index (κ3) is 7.51. The van der Waals surface area contributed by atoms with Crippen molar-refractivity contribution in [3.8, 4) is 28.6 Å². The summed E-state index contributed by atoms with van der Waals surface area (Å²) < 4.78 is 27.8. The predicted molar refractivity (Wildman–Crippen MR) is 149 cm³/mol. The van der Waals surface area contributed by atoms with Gasteiger partial charge in [0.2, 0.25) is 0 Å². The van der Waals surface area contributed by atoms with Crippen LogP contribution in [0.2, 0.25) is 0 Å². The van der Waals surface area contributed by atoms with Crippen LogP contribution in [0, 0.1) is 0 Å². The molecule has 7 heteroatoms. The number of carbonyl (C=O) groups excluding carboxylic acids is 2. The molecule has 0 atom stereocenters. The van der Waals surface area contributed by atoms with Crippen LogP contribution in [-0.4, -0.2) is 32.3 Å². The van der Waals surface area contributed by atoms with Crippen molar-refractivity contribution in [2.24, 2.45) is 0 Å². The second-order valence-corrected chi connectivity index (χ2v) is 9.11. The van der Waals surface area contributed by atoms with E-state index in [1.807, 2.05) is 42.5 Å². The van der Waals surface area contributed by atoms with Gasteiger partial charge in [0.15, 0.2) is 11.5 Å². The van der Waals surface area contributed by atoms with Crippen LogP contribution in [-0.2, 0) is 9.53 Å². The van der Waals surface area contributed by atoms with E-state index in [2.05, 4.69) is 6.58 Å². The highest BCUT2D eigenvalue weighted by Crippen LogP contribution is 2.31. The van der Waals surface area contributed by atoms with Gasteiger partial charge in [-0.15, -0.1) is 0 Å². The molecular weight excluding hydrogens is 496 g/mol. The maximum Gasteiger partial charge on any atom is 0.343 e. The van der Waals surface area contributed by atoms with Crippen molar-refractivity contribution >= 4 is 22.9 Å². The molecule has 3 aromatic carbocycles. The fourth-order valence-corrected chi connectivity index (χ4v) is 3.92. The Hall–Kier alpha value is -4.52. The minimum Gasteiger partial charge on any atom is -0.493 e. The number of para-hydroxylation sites is 1. The maximum absolute atomic E-state index is 12.8. The van der Waals surface area contributed by atoms with E-state index >= 15 is 0 Å². The van der Waals surface area contributed by atoms with Gasteiger partial charge in [-0.25, -0.2) is 9.59 Å². The molecule has 0 saturated heterocycles. The van der Waals surface area contributed by atoms with Gasteiger partial charge in [-0.3, -0.25) is 0 Å². The highest BCUT2D eigenvalue weighted by molar-refractivity contribution is 5.92. The first-order valence-corrected chi connectivity index (χ1v) is 12.9. The standard InChI is InChI=1S/C32H32O7/c1-22(2)31(33)37-19-9-5-4-8-18-36-28-17-14-25(21-30(28)35-3)32(34)38-26-15-12-23(13-16-26)29-20-24-10-6-7-11-27(24)39-29/h6-7,10-17,20-21H,1,4-5,8-9,18-19H2,2-3H3. The van der Waals surface area contributed by atoms with Crippen LogP contribution in [0.4, 0.5) is 0 Å². The number of ether oxygens (including phenoxy) is 4. The zero-order valence-electron chi connectivity index (χ0n) is 22.2. The van der Waals surface area contributed by atoms with Crippen LogP contribution < -0.4 is 14.2 Å². The number of methoxy groups -OCH3 is 1. The summed E-state index contributed by atoms with van der Waals surface area (Å²) >= 11 is 0. The molecule has 0 saturated carbocycles. The van der Waals surface area contributed by atoms with E-state index in [1.165, 1.54) is 7.11 Å². The van der Waals surface area contributed by atoms with Crippen LogP contribution >= 0.6 is 0 Å². The summed E-state index contributed by atoms with van der Waals surface area (Å²) in [5.41, 5.74) is 2.47.